The first-order valence-corrected chi connectivity index (χ1v) is 9.91. The highest BCUT2D eigenvalue weighted by Crippen LogP contribution is 2.18. The molecule has 0 bridgehead atoms. The second kappa shape index (κ2) is 9.10. The van der Waals surface area contributed by atoms with Crippen molar-refractivity contribution in [3.8, 4) is 0 Å². The van der Waals surface area contributed by atoms with Crippen LogP contribution < -0.4 is 0 Å². The van der Waals surface area contributed by atoms with E-state index in [0.717, 1.165) is 34.9 Å². The van der Waals surface area contributed by atoms with E-state index in [1.54, 1.807) is 12.1 Å². The van der Waals surface area contributed by atoms with Gasteiger partial charge in [0, 0.05) is 28.5 Å². The summed E-state index contributed by atoms with van der Waals surface area (Å²) < 4.78 is 7.33. The van der Waals surface area contributed by atoms with Gasteiger partial charge in [0.2, 0.25) is 5.78 Å². The zero-order valence-corrected chi connectivity index (χ0v) is 17.6. The zero-order chi connectivity index (χ0) is 21.0. The van der Waals surface area contributed by atoms with Gasteiger partial charge in [-0.15, -0.1) is 0 Å². The minimum absolute atomic E-state index is 0.198. The minimum Gasteiger partial charge on any atom is -0.454 e. The molecule has 1 heterocycles. The van der Waals surface area contributed by atoms with Crippen molar-refractivity contribution in [2.75, 3.05) is 6.61 Å². The van der Waals surface area contributed by atoms with Gasteiger partial charge in [-0.1, -0.05) is 41.4 Å². The van der Waals surface area contributed by atoms with Crippen LogP contribution in [0.4, 0.5) is 0 Å². The molecule has 0 unspecified atom stereocenters. The van der Waals surface area contributed by atoms with Crippen LogP contribution in [0.1, 0.15) is 43.2 Å². The van der Waals surface area contributed by atoms with Gasteiger partial charge in [0.25, 0.3) is 0 Å². The largest absolute Gasteiger partial charge is 0.454 e. The molecule has 0 fully saturated rings. The van der Waals surface area contributed by atoms with Gasteiger partial charge in [-0.3, -0.25) is 4.79 Å². The molecule has 5 heteroatoms. The first-order chi connectivity index (χ1) is 13.8. The second-order valence-electron chi connectivity index (χ2n) is 7.18. The van der Waals surface area contributed by atoms with E-state index in [4.69, 9.17) is 16.3 Å². The molecular formula is C24H24ClNO3. The summed E-state index contributed by atoms with van der Waals surface area (Å²) in [6, 6.07) is 16.7. The number of esters is 1. The molecule has 2 aromatic carbocycles. The number of nitrogens with zero attached hydrogens (tertiary/aromatic N) is 1. The number of ketones is 1. The normalized spacial score (nSPS) is 10.8. The van der Waals surface area contributed by atoms with Crippen molar-refractivity contribution in [1.29, 1.82) is 0 Å². The molecule has 0 aliphatic carbocycles. The molecular weight excluding hydrogens is 386 g/mol. The molecule has 0 radical (unpaired) electrons. The molecule has 0 aliphatic heterocycles. The molecule has 150 valence electrons. The average molecular weight is 410 g/mol. The van der Waals surface area contributed by atoms with Gasteiger partial charge in [0.05, 0.1) is 5.56 Å². The van der Waals surface area contributed by atoms with Crippen molar-refractivity contribution in [3.63, 3.8) is 0 Å². The van der Waals surface area contributed by atoms with E-state index < -0.39 is 5.97 Å². The summed E-state index contributed by atoms with van der Waals surface area (Å²) in [7, 11) is 0. The average Bonchev–Trinajstić information content (AvgIpc) is 3.00. The highest BCUT2D eigenvalue weighted by molar-refractivity contribution is 6.30. The van der Waals surface area contributed by atoms with Crippen molar-refractivity contribution in [2.45, 2.75) is 33.7 Å². The van der Waals surface area contributed by atoms with Crippen molar-refractivity contribution < 1.29 is 14.3 Å². The Hall–Kier alpha value is -2.85. The molecule has 4 nitrogen and oxygen atoms in total. The molecule has 0 saturated heterocycles. The molecule has 29 heavy (non-hydrogen) atoms. The van der Waals surface area contributed by atoms with E-state index in [1.165, 1.54) is 5.56 Å². The Morgan fingerprint density at radius 2 is 1.62 bits per heavy atom. The van der Waals surface area contributed by atoms with Crippen molar-refractivity contribution >= 4 is 23.4 Å². The van der Waals surface area contributed by atoms with Gasteiger partial charge < -0.3 is 9.30 Å². The molecule has 0 saturated carbocycles. The summed E-state index contributed by atoms with van der Waals surface area (Å²) in [5.41, 5.74) is 5.16. The Labute approximate surface area is 176 Å². The van der Waals surface area contributed by atoms with Crippen LogP contribution in [0.15, 0.2) is 54.6 Å². The standard InChI is InChI=1S/C24H24ClNO3/c1-16-4-8-20(9-5-16)24(28)29-15-23(27)22-14-17(2)26(18(22)3)13-12-19-6-10-21(25)11-7-19/h4-11,14H,12-13,15H2,1-3H3. The predicted molar refractivity (Wildman–Crippen MR) is 115 cm³/mol. The van der Waals surface area contributed by atoms with Crippen molar-refractivity contribution in [3.05, 3.63) is 93.3 Å². The zero-order valence-electron chi connectivity index (χ0n) is 16.9. The Morgan fingerprint density at radius 3 is 2.28 bits per heavy atom. The van der Waals surface area contributed by atoms with Gasteiger partial charge in [0.15, 0.2) is 6.61 Å². The van der Waals surface area contributed by atoms with E-state index in [2.05, 4.69) is 4.57 Å². The van der Waals surface area contributed by atoms with Crippen molar-refractivity contribution in [2.24, 2.45) is 0 Å². The van der Waals surface area contributed by atoms with Crippen LogP contribution in [-0.4, -0.2) is 22.9 Å². The van der Waals surface area contributed by atoms with E-state index >= 15 is 0 Å². The lowest BCUT2D eigenvalue weighted by atomic mass is 10.1. The maximum Gasteiger partial charge on any atom is 0.338 e. The Balaban J connectivity index is 1.63. The van der Waals surface area contributed by atoms with Crippen LogP contribution in [0.2, 0.25) is 5.02 Å². The molecule has 0 aliphatic rings. The number of hydrogen-bond donors (Lipinski definition) is 0. The number of carbonyl (C=O) groups excluding carboxylic acids is 2. The van der Waals surface area contributed by atoms with Gasteiger partial charge >= 0.3 is 5.97 Å². The Bertz CT molecular complexity index is 1020. The maximum atomic E-state index is 12.6. The Morgan fingerprint density at radius 1 is 0.966 bits per heavy atom. The number of rotatable bonds is 7. The fourth-order valence-corrected chi connectivity index (χ4v) is 3.43. The van der Waals surface area contributed by atoms with E-state index in [9.17, 15) is 9.59 Å². The molecule has 0 spiro atoms. The number of halogens is 1. The Kier molecular flexibility index (Phi) is 6.55. The SMILES string of the molecule is Cc1ccc(C(=O)OCC(=O)c2cc(C)n(CCc3ccc(Cl)cc3)c2C)cc1. The van der Waals surface area contributed by atoms with E-state index in [0.29, 0.717) is 11.1 Å². The number of Topliss-reactive ketones (excluding diaryl/α,β-unsaturated/α-hetero) is 1. The van der Waals surface area contributed by atoms with Crippen LogP contribution in [0.3, 0.4) is 0 Å². The van der Waals surface area contributed by atoms with Crippen LogP contribution >= 0.6 is 11.6 Å². The molecule has 0 N–H and O–H groups in total. The highest BCUT2D eigenvalue weighted by atomic mass is 35.5. The first-order valence-electron chi connectivity index (χ1n) is 9.53. The lowest BCUT2D eigenvalue weighted by Crippen LogP contribution is -2.15. The summed E-state index contributed by atoms with van der Waals surface area (Å²) in [6.07, 6.45) is 0.837. The monoisotopic (exact) mass is 409 g/mol. The van der Waals surface area contributed by atoms with Gasteiger partial charge in [0.1, 0.15) is 0 Å². The third-order valence-electron chi connectivity index (χ3n) is 5.03. The lowest BCUT2D eigenvalue weighted by Gasteiger charge is -2.10. The van der Waals surface area contributed by atoms with Gasteiger partial charge in [-0.2, -0.15) is 0 Å². The van der Waals surface area contributed by atoms with Gasteiger partial charge in [-0.25, -0.2) is 4.79 Å². The lowest BCUT2D eigenvalue weighted by molar-refractivity contribution is 0.0474. The van der Waals surface area contributed by atoms with Crippen LogP contribution in [-0.2, 0) is 17.7 Å². The number of ether oxygens (including phenoxy) is 1. The molecule has 3 aromatic rings. The molecule has 1 aromatic heterocycles. The summed E-state index contributed by atoms with van der Waals surface area (Å²) in [6.45, 7) is 6.33. The number of aromatic nitrogens is 1. The number of carbonyl (C=O) groups is 2. The second-order valence-corrected chi connectivity index (χ2v) is 7.61. The fourth-order valence-electron chi connectivity index (χ4n) is 3.30. The topological polar surface area (TPSA) is 48.3 Å². The minimum atomic E-state index is -0.491. The van der Waals surface area contributed by atoms with Crippen LogP contribution in [0, 0.1) is 20.8 Å². The van der Waals surface area contributed by atoms with Crippen LogP contribution in [0.25, 0.3) is 0 Å². The van der Waals surface area contributed by atoms with E-state index in [1.807, 2.05) is 63.2 Å². The van der Waals surface area contributed by atoms with Crippen LogP contribution in [0.5, 0.6) is 0 Å². The third kappa shape index (κ3) is 5.15. The molecule has 0 atom stereocenters. The van der Waals surface area contributed by atoms with Crippen molar-refractivity contribution in [1.82, 2.24) is 4.57 Å². The third-order valence-corrected chi connectivity index (χ3v) is 5.28. The summed E-state index contributed by atoms with van der Waals surface area (Å²) in [4.78, 5) is 24.8. The van der Waals surface area contributed by atoms with E-state index in [-0.39, 0.29) is 12.4 Å². The number of hydrogen-bond acceptors (Lipinski definition) is 3. The maximum absolute atomic E-state index is 12.6. The smallest absolute Gasteiger partial charge is 0.338 e. The highest BCUT2D eigenvalue weighted by Gasteiger charge is 2.18. The predicted octanol–water partition coefficient (Wildman–Crippen LogP) is 5.35. The van der Waals surface area contributed by atoms with Gasteiger partial charge in [-0.05, 0) is 63.1 Å². The first kappa shape index (κ1) is 20.9. The molecule has 3 rings (SSSR count). The molecule has 0 amide bonds. The summed E-state index contributed by atoms with van der Waals surface area (Å²) >= 11 is 5.94. The summed E-state index contributed by atoms with van der Waals surface area (Å²) in [5, 5.41) is 0.718. The fraction of sp³-hybridized carbons (Fsp3) is 0.250. The quantitative estimate of drug-likeness (QED) is 0.390. The summed E-state index contributed by atoms with van der Waals surface area (Å²) in [5.74, 6) is -0.689. The number of aryl methyl sites for hydroxylation is 3. The number of benzene rings is 2.